The zero-order valence-corrected chi connectivity index (χ0v) is 13.6. The van der Waals surface area contributed by atoms with Gasteiger partial charge < -0.3 is 10.1 Å². The van der Waals surface area contributed by atoms with E-state index in [1.807, 2.05) is 12.1 Å². The van der Waals surface area contributed by atoms with E-state index in [1.165, 1.54) is 24.7 Å². The summed E-state index contributed by atoms with van der Waals surface area (Å²) in [5.74, 6) is -0.476. The van der Waals surface area contributed by atoms with Crippen LogP contribution in [0.4, 0.5) is 5.69 Å². The zero-order chi connectivity index (χ0) is 16.7. The number of aryl methyl sites for hydroxylation is 1. The number of hydrogen-bond donors (Lipinski definition) is 2. The number of methoxy groups -OCH3 is 1. The highest BCUT2D eigenvalue weighted by molar-refractivity contribution is 6.06. The molecule has 2 amide bonds. The number of hydrazone groups is 1. The van der Waals surface area contributed by atoms with Gasteiger partial charge in [-0.3, -0.25) is 9.59 Å². The number of rotatable bonds is 6. The molecule has 6 heteroatoms. The van der Waals surface area contributed by atoms with E-state index in [0.717, 1.165) is 24.9 Å². The highest BCUT2D eigenvalue weighted by Crippen LogP contribution is 2.27. The van der Waals surface area contributed by atoms with Crippen LogP contribution in [0, 0.1) is 0 Å². The van der Waals surface area contributed by atoms with Crippen molar-refractivity contribution >= 4 is 23.2 Å². The lowest BCUT2D eigenvalue weighted by molar-refractivity contribution is -0.124. The molecule has 2 N–H and O–H groups in total. The Kier molecular flexibility index (Phi) is 6.29. The topological polar surface area (TPSA) is 79.8 Å². The Hall–Kier alpha value is -2.21. The van der Waals surface area contributed by atoms with Crippen molar-refractivity contribution in [2.24, 2.45) is 5.10 Å². The number of ether oxygens (including phenoxy) is 1. The quantitative estimate of drug-likeness (QED) is 0.622. The Labute approximate surface area is 136 Å². The largest absolute Gasteiger partial charge is 0.375 e. The van der Waals surface area contributed by atoms with Crippen LogP contribution in [-0.2, 0) is 27.2 Å². The van der Waals surface area contributed by atoms with Crippen LogP contribution < -0.4 is 10.7 Å². The molecule has 6 nitrogen and oxygen atoms in total. The first kappa shape index (κ1) is 17.1. The van der Waals surface area contributed by atoms with Crippen molar-refractivity contribution < 1.29 is 14.3 Å². The highest BCUT2D eigenvalue weighted by Gasteiger charge is 2.14. The molecule has 1 aromatic carbocycles. The fourth-order valence-electron chi connectivity index (χ4n) is 2.69. The molecule has 0 heterocycles. The standard InChI is InChI=1S/C17H23N3O3/c1-12(19-20-17(22)11-23-2)10-16(21)18-15-9-5-7-13-6-3-4-8-14(13)15/h5,7,9H,3-4,6,8,10-11H2,1-2H3,(H,18,21)(H,20,22). The molecule has 0 saturated heterocycles. The zero-order valence-electron chi connectivity index (χ0n) is 13.6. The van der Waals surface area contributed by atoms with Gasteiger partial charge in [-0.05, 0) is 49.8 Å². The van der Waals surface area contributed by atoms with Crippen molar-refractivity contribution in [2.75, 3.05) is 19.0 Å². The van der Waals surface area contributed by atoms with E-state index in [-0.39, 0.29) is 24.8 Å². The summed E-state index contributed by atoms with van der Waals surface area (Å²) in [5.41, 5.74) is 6.35. The average Bonchev–Trinajstić information content (AvgIpc) is 2.53. The summed E-state index contributed by atoms with van der Waals surface area (Å²) in [7, 11) is 1.43. The minimum Gasteiger partial charge on any atom is -0.375 e. The number of anilines is 1. The molecule has 0 fully saturated rings. The Morgan fingerprint density at radius 2 is 2.00 bits per heavy atom. The van der Waals surface area contributed by atoms with Gasteiger partial charge in [0.15, 0.2) is 0 Å². The second kappa shape index (κ2) is 8.43. The minimum absolute atomic E-state index is 0.0564. The van der Waals surface area contributed by atoms with Crippen molar-refractivity contribution in [3.63, 3.8) is 0 Å². The van der Waals surface area contributed by atoms with Crippen molar-refractivity contribution in [1.29, 1.82) is 0 Å². The van der Waals surface area contributed by atoms with Crippen LogP contribution in [0.1, 0.15) is 37.3 Å². The molecule has 0 radical (unpaired) electrons. The van der Waals surface area contributed by atoms with Gasteiger partial charge >= 0.3 is 0 Å². The van der Waals surface area contributed by atoms with Crippen LogP contribution in [0.5, 0.6) is 0 Å². The normalized spacial score (nSPS) is 14.1. The molecular weight excluding hydrogens is 294 g/mol. The molecule has 0 spiro atoms. The Bertz CT molecular complexity index is 611. The number of fused-ring (bicyclic) bond motifs is 1. The molecule has 0 saturated carbocycles. The third-order valence-electron chi connectivity index (χ3n) is 3.73. The van der Waals surface area contributed by atoms with Crippen molar-refractivity contribution in [3.05, 3.63) is 29.3 Å². The Morgan fingerprint density at radius 3 is 2.78 bits per heavy atom. The summed E-state index contributed by atoms with van der Waals surface area (Å²) in [5, 5.41) is 6.84. The summed E-state index contributed by atoms with van der Waals surface area (Å²) in [6, 6.07) is 6.04. The van der Waals surface area contributed by atoms with Gasteiger partial charge in [-0.15, -0.1) is 0 Å². The van der Waals surface area contributed by atoms with Gasteiger partial charge in [0.05, 0.1) is 6.42 Å². The molecule has 0 atom stereocenters. The number of nitrogens with one attached hydrogen (secondary N) is 2. The smallest absolute Gasteiger partial charge is 0.266 e. The minimum atomic E-state index is -0.343. The van der Waals surface area contributed by atoms with E-state index in [9.17, 15) is 9.59 Å². The van der Waals surface area contributed by atoms with Crippen LogP contribution in [-0.4, -0.2) is 31.2 Å². The highest BCUT2D eigenvalue weighted by atomic mass is 16.5. The molecule has 0 aliphatic heterocycles. The second-order valence-corrected chi connectivity index (χ2v) is 5.69. The van der Waals surface area contributed by atoms with E-state index in [4.69, 9.17) is 0 Å². The fraction of sp³-hybridized carbons (Fsp3) is 0.471. The van der Waals surface area contributed by atoms with E-state index in [2.05, 4.69) is 26.6 Å². The van der Waals surface area contributed by atoms with Gasteiger partial charge in [0.2, 0.25) is 5.91 Å². The van der Waals surface area contributed by atoms with E-state index >= 15 is 0 Å². The lowest BCUT2D eigenvalue weighted by atomic mass is 9.90. The summed E-state index contributed by atoms with van der Waals surface area (Å²) in [6.07, 6.45) is 4.58. The predicted molar refractivity (Wildman–Crippen MR) is 89.5 cm³/mol. The number of hydrogen-bond acceptors (Lipinski definition) is 4. The molecule has 0 aromatic heterocycles. The van der Waals surface area contributed by atoms with Gasteiger partial charge in [-0.1, -0.05) is 12.1 Å². The molecule has 1 aliphatic carbocycles. The van der Waals surface area contributed by atoms with Crippen LogP contribution in [0.15, 0.2) is 23.3 Å². The maximum atomic E-state index is 12.1. The maximum absolute atomic E-state index is 12.1. The lowest BCUT2D eigenvalue weighted by Crippen LogP contribution is -2.24. The van der Waals surface area contributed by atoms with Crippen LogP contribution in [0.3, 0.4) is 0 Å². The number of carbonyl (C=O) groups is 2. The first-order valence-corrected chi connectivity index (χ1v) is 7.81. The number of carbonyl (C=O) groups excluding carboxylic acids is 2. The van der Waals surface area contributed by atoms with Gasteiger partial charge in [-0.2, -0.15) is 5.10 Å². The third kappa shape index (κ3) is 5.17. The molecule has 2 rings (SSSR count). The Morgan fingerprint density at radius 1 is 1.22 bits per heavy atom. The molecule has 124 valence electrons. The first-order valence-electron chi connectivity index (χ1n) is 7.81. The number of nitrogens with zero attached hydrogens (tertiary/aromatic N) is 1. The summed E-state index contributed by atoms with van der Waals surface area (Å²) in [4.78, 5) is 23.4. The molecule has 1 aliphatic rings. The van der Waals surface area contributed by atoms with E-state index < -0.39 is 0 Å². The lowest BCUT2D eigenvalue weighted by Gasteiger charge is -2.19. The summed E-state index contributed by atoms with van der Waals surface area (Å²) >= 11 is 0. The van der Waals surface area contributed by atoms with Crippen molar-refractivity contribution in [3.8, 4) is 0 Å². The predicted octanol–water partition coefficient (Wildman–Crippen LogP) is 2.03. The molecule has 0 unspecified atom stereocenters. The molecule has 1 aromatic rings. The van der Waals surface area contributed by atoms with Crippen LogP contribution in [0.25, 0.3) is 0 Å². The van der Waals surface area contributed by atoms with Crippen molar-refractivity contribution in [1.82, 2.24) is 5.43 Å². The van der Waals surface area contributed by atoms with Gasteiger partial charge in [-0.25, -0.2) is 5.43 Å². The number of amides is 2. The Balaban J connectivity index is 1.92. The van der Waals surface area contributed by atoms with Crippen molar-refractivity contribution in [2.45, 2.75) is 39.0 Å². The molecule has 0 bridgehead atoms. The summed E-state index contributed by atoms with van der Waals surface area (Å²) in [6.45, 7) is 1.65. The van der Waals surface area contributed by atoms with Gasteiger partial charge in [0.1, 0.15) is 6.61 Å². The average molecular weight is 317 g/mol. The van der Waals surface area contributed by atoms with E-state index in [1.54, 1.807) is 6.92 Å². The number of benzene rings is 1. The maximum Gasteiger partial charge on any atom is 0.266 e. The molecule has 23 heavy (non-hydrogen) atoms. The SMILES string of the molecule is COCC(=O)NN=C(C)CC(=O)Nc1cccc2c1CCCC2. The molecular formula is C17H23N3O3. The summed E-state index contributed by atoms with van der Waals surface area (Å²) < 4.78 is 4.69. The van der Waals surface area contributed by atoms with Gasteiger partial charge in [0, 0.05) is 18.5 Å². The monoisotopic (exact) mass is 317 g/mol. The third-order valence-corrected chi connectivity index (χ3v) is 3.73. The van der Waals surface area contributed by atoms with Crippen LogP contribution in [0.2, 0.25) is 0 Å². The van der Waals surface area contributed by atoms with Crippen LogP contribution >= 0.6 is 0 Å². The second-order valence-electron chi connectivity index (χ2n) is 5.69. The fourth-order valence-corrected chi connectivity index (χ4v) is 2.69. The first-order chi connectivity index (χ1) is 11.1. The van der Waals surface area contributed by atoms with Gasteiger partial charge in [0.25, 0.3) is 5.91 Å². The van der Waals surface area contributed by atoms with E-state index in [0.29, 0.717) is 5.71 Å².